The second kappa shape index (κ2) is 9.92. The topological polar surface area (TPSA) is 32.3 Å². The van der Waals surface area contributed by atoms with Crippen molar-refractivity contribution >= 4 is 23.0 Å². The fraction of sp³-hybridized carbons (Fsp3) is 0.333. The zero-order valence-corrected chi connectivity index (χ0v) is 24.6. The van der Waals surface area contributed by atoms with Crippen LogP contribution in [0, 0.1) is 0 Å². The predicted octanol–water partition coefficient (Wildman–Crippen LogP) is 9.63. The SMILES string of the molecule is C=C1C2N(c3ccccc3)c3nccnc3N2c2cc(-c3c(C(C)C)cccc3C(C)C)ccc2C1(CC)CC. The molecule has 1 atom stereocenters. The molecule has 2 aliphatic rings. The Morgan fingerprint density at radius 2 is 1.38 bits per heavy atom. The van der Waals surface area contributed by atoms with E-state index in [4.69, 9.17) is 16.5 Å². The molecule has 0 N–H and O–H groups in total. The summed E-state index contributed by atoms with van der Waals surface area (Å²) in [6.07, 6.45) is 5.47. The van der Waals surface area contributed by atoms with E-state index in [0.717, 1.165) is 30.2 Å². The van der Waals surface area contributed by atoms with Crippen molar-refractivity contribution in [3.05, 3.63) is 108 Å². The minimum Gasteiger partial charge on any atom is -0.298 e. The van der Waals surface area contributed by atoms with Crippen molar-refractivity contribution in [2.24, 2.45) is 0 Å². The maximum atomic E-state index is 4.93. The minimum absolute atomic E-state index is 0.104. The molecule has 0 fully saturated rings. The number of aromatic nitrogens is 2. The van der Waals surface area contributed by atoms with E-state index < -0.39 is 0 Å². The van der Waals surface area contributed by atoms with Crippen LogP contribution in [0.1, 0.15) is 82.9 Å². The summed E-state index contributed by atoms with van der Waals surface area (Å²) >= 11 is 0. The molecule has 3 aromatic carbocycles. The first-order chi connectivity index (χ1) is 19.3. The summed E-state index contributed by atoms with van der Waals surface area (Å²) in [6, 6.07) is 24.5. The Morgan fingerprint density at radius 1 is 0.775 bits per heavy atom. The fourth-order valence-electron chi connectivity index (χ4n) is 7.10. The number of nitrogens with zero attached hydrogens (tertiary/aromatic N) is 4. The minimum atomic E-state index is -0.150. The number of anilines is 4. The Hall–Kier alpha value is -3.92. The highest BCUT2D eigenvalue weighted by atomic mass is 15.5. The molecule has 0 saturated heterocycles. The molecule has 3 heterocycles. The lowest BCUT2D eigenvalue weighted by Crippen LogP contribution is -2.50. The summed E-state index contributed by atoms with van der Waals surface area (Å²) in [6.45, 7) is 18.6. The molecular weight excluding hydrogens is 488 g/mol. The summed E-state index contributed by atoms with van der Waals surface area (Å²) in [5, 5.41) is 0. The Bertz CT molecular complexity index is 1540. The average molecular weight is 529 g/mol. The molecule has 4 heteroatoms. The van der Waals surface area contributed by atoms with Crippen LogP contribution >= 0.6 is 0 Å². The van der Waals surface area contributed by atoms with Gasteiger partial charge in [0.05, 0.1) is 0 Å². The second-order valence-corrected chi connectivity index (χ2v) is 11.8. The van der Waals surface area contributed by atoms with Crippen LogP contribution in [0.15, 0.2) is 91.3 Å². The zero-order chi connectivity index (χ0) is 28.2. The Labute approximate surface area is 239 Å². The summed E-state index contributed by atoms with van der Waals surface area (Å²) in [4.78, 5) is 14.5. The maximum absolute atomic E-state index is 4.93. The highest BCUT2D eigenvalue weighted by Crippen LogP contribution is 2.58. The maximum Gasteiger partial charge on any atom is 0.178 e. The standard InChI is InChI=1S/C36H40N4/c1-8-36(9-2)25(7)35-39(27-14-11-10-12-15-27)33-34(38-21-20-37-33)40(35)31-22-26(18-19-30(31)36)32-28(23(3)4)16-13-17-29(32)24(5)6/h10-24,35H,7-9H2,1-6H3. The van der Waals surface area contributed by atoms with Crippen molar-refractivity contribution < 1.29 is 0 Å². The summed E-state index contributed by atoms with van der Waals surface area (Å²) in [5.41, 5.74) is 10.1. The van der Waals surface area contributed by atoms with Crippen molar-refractivity contribution in [3.63, 3.8) is 0 Å². The van der Waals surface area contributed by atoms with Crippen LogP contribution in [0.3, 0.4) is 0 Å². The van der Waals surface area contributed by atoms with Gasteiger partial charge in [-0.05, 0) is 76.3 Å². The first-order valence-electron chi connectivity index (χ1n) is 14.8. The summed E-state index contributed by atoms with van der Waals surface area (Å²) in [5.74, 6) is 2.62. The highest BCUT2D eigenvalue weighted by molar-refractivity contribution is 5.90. The van der Waals surface area contributed by atoms with E-state index in [1.165, 1.54) is 39.1 Å². The number of hydrogen-bond donors (Lipinski definition) is 0. The monoisotopic (exact) mass is 528 g/mol. The van der Waals surface area contributed by atoms with Gasteiger partial charge in [-0.3, -0.25) is 9.80 Å². The molecule has 1 aromatic heterocycles. The number of benzene rings is 3. The Kier molecular flexibility index (Phi) is 6.53. The fourth-order valence-corrected chi connectivity index (χ4v) is 7.10. The van der Waals surface area contributed by atoms with Gasteiger partial charge in [0, 0.05) is 29.2 Å². The van der Waals surface area contributed by atoms with Gasteiger partial charge in [-0.2, -0.15) is 0 Å². The molecule has 0 bridgehead atoms. The number of hydrogen-bond acceptors (Lipinski definition) is 4. The summed E-state index contributed by atoms with van der Waals surface area (Å²) in [7, 11) is 0. The molecule has 1 unspecified atom stereocenters. The Morgan fingerprint density at radius 3 is 1.95 bits per heavy atom. The van der Waals surface area contributed by atoms with Gasteiger partial charge in [-0.1, -0.05) is 96.7 Å². The van der Waals surface area contributed by atoms with Crippen molar-refractivity contribution in [2.45, 2.75) is 77.8 Å². The molecule has 0 aliphatic carbocycles. The third-order valence-corrected chi connectivity index (χ3v) is 9.21. The van der Waals surface area contributed by atoms with Crippen LogP contribution < -0.4 is 9.80 Å². The third kappa shape index (κ3) is 3.72. The van der Waals surface area contributed by atoms with E-state index in [1.54, 1.807) is 6.20 Å². The third-order valence-electron chi connectivity index (χ3n) is 9.21. The first-order valence-corrected chi connectivity index (χ1v) is 14.8. The van der Waals surface area contributed by atoms with Crippen molar-refractivity contribution in [3.8, 4) is 11.1 Å². The van der Waals surface area contributed by atoms with Gasteiger partial charge in [0.15, 0.2) is 11.6 Å². The number of para-hydroxylation sites is 1. The van der Waals surface area contributed by atoms with Crippen LogP contribution in [-0.2, 0) is 5.41 Å². The van der Waals surface area contributed by atoms with Crippen LogP contribution in [-0.4, -0.2) is 16.1 Å². The van der Waals surface area contributed by atoms with E-state index >= 15 is 0 Å². The van der Waals surface area contributed by atoms with Crippen molar-refractivity contribution in [1.29, 1.82) is 0 Å². The molecule has 2 aliphatic heterocycles. The van der Waals surface area contributed by atoms with E-state index in [1.807, 2.05) is 6.20 Å². The predicted molar refractivity (Wildman–Crippen MR) is 168 cm³/mol. The lowest BCUT2D eigenvalue weighted by Gasteiger charge is -2.49. The van der Waals surface area contributed by atoms with Crippen molar-refractivity contribution in [2.75, 3.05) is 9.80 Å². The normalized spacial score (nSPS) is 17.3. The van der Waals surface area contributed by atoms with Crippen LogP contribution in [0.25, 0.3) is 11.1 Å². The Balaban J connectivity index is 1.65. The largest absolute Gasteiger partial charge is 0.298 e. The first kappa shape index (κ1) is 26.3. The van der Waals surface area contributed by atoms with E-state index in [0.29, 0.717) is 11.8 Å². The lowest BCUT2D eigenvalue weighted by atomic mass is 9.66. The zero-order valence-electron chi connectivity index (χ0n) is 24.6. The van der Waals surface area contributed by atoms with E-state index in [9.17, 15) is 0 Å². The second-order valence-electron chi connectivity index (χ2n) is 11.8. The van der Waals surface area contributed by atoms with Gasteiger partial charge in [-0.15, -0.1) is 0 Å². The number of rotatable bonds is 6. The van der Waals surface area contributed by atoms with Gasteiger partial charge < -0.3 is 0 Å². The number of fused-ring (bicyclic) bond motifs is 5. The quantitative estimate of drug-likeness (QED) is 0.233. The molecule has 4 aromatic rings. The lowest BCUT2D eigenvalue weighted by molar-refractivity contribution is 0.425. The molecule has 4 nitrogen and oxygen atoms in total. The van der Waals surface area contributed by atoms with Gasteiger partial charge in [0.2, 0.25) is 0 Å². The molecule has 0 saturated carbocycles. The summed E-state index contributed by atoms with van der Waals surface area (Å²) < 4.78 is 0. The molecule has 0 amide bonds. The van der Waals surface area contributed by atoms with Gasteiger partial charge in [0.25, 0.3) is 0 Å². The van der Waals surface area contributed by atoms with Gasteiger partial charge in [0.1, 0.15) is 6.17 Å². The molecule has 6 rings (SSSR count). The van der Waals surface area contributed by atoms with Gasteiger partial charge >= 0.3 is 0 Å². The highest BCUT2D eigenvalue weighted by Gasteiger charge is 2.52. The van der Waals surface area contributed by atoms with E-state index in [-0.39, 0.29) is 11.6 Å². The molecular formula is C36H40N4. The van der Waals surface area contributed by atoms with E-state index in [2.05, 4.69) is 118 Å². The molecule has 204 valence electrons. The molecule has 0 radical (unpaired) electrons. The molecule has 40 heavy (non-hydrogen) atoms. The average Bonchev–Trinajstić information content (AvgIpc) is 3.33. The smallest absolute Gasteiger partial charge is 0.178 e. The molecule has 0 spiro atoms. The van der Waals surface area contributed by atoms with Crippen LogP contribution in [0.4, 0.5) is 23.0 Å². The van der Waals surface area contributed by atoms with Crippen LogP contribution in [0.5, 0.6) is 0 Å². The van der Waals surface area contributed by atoms with Crippen LogP contribution in [0.2, 0.25) is 0 Å². The van der Waals surface area contributed by atoms with Crippen molar-refractivity contribution in [1.82, 2.24) is 9.97 Å². The van der Waals surface area contributed by atoms with Gasteiger partial charge in [-0.25, -0.2) is 9.97 Å².